The number of carbonyl (C=O) groups excluding carboxylic acids is 1. The molecule has 0 saturated carbocycles. The zero-order valence-corrected chi connectivity index (χ0v) is 12.2. The van der Waals surface area contributed by atoms with Crippen LogP contribution in [0.3, 0.4) is 0 Å². The van der Waals surface area contributed by atoms with Gasteiger partial charge in [0.05, 0.1) is 0 Å². The van der Waals surface area contributed by atoms with E-state index in [1.165, 1.54) is 11.8 Å². The van der Waals surface area contributed by atoms with Crippen molar-refractivity contribution in [3.8, 4) is 0 Å². The molecule has 0 saturated heterocycles. The van der Waals surface area contributed by atoms with Crippen LogP contribution in [0.1, 0.15) is 40.5 Å². The molecule has 0 aromatic carbocycles. The third-order valence-corrected chi connectivity index (χ3v) is 2.50. The highest BCUT2D eigenvalue weighted by molar-refractivity contribution is 6.17. The van der Waals surface area contributed by atoms with Gasteiger partial charge in [0.1, 0.15) is 11.6 Å². The summed E-state index contributed by atoms with van der Waals surface area (Å²) in [6, 6.07) is -0.907. The first kappa shape index (κ1) is 17.0. The number of aliphatic carboxylic acids is 1. The van der Waals surface area contributed by atoms with Gasteiger partial charge in [-0.25, -0.2) is 9.59 Å². The van der Waals surface area contributed by atoms with Crippen molar-refractivity contribution in [1.29, 1.82) is 0 Å². The summed E-state index contributed by atoms with van der Waals surface area (Å²) in [5.74, 6) is -0.560. The molecule has 0 rings (SSSR count). The van der Waals surface area contributed by atoms with Crippen LogP contribution in [0.2, 0.25) is 0 Å². The Morgan fingerprint density at radius 1 is 1.33 bits per heavy atom. The Kier molecular flexibility index (Phi) is 7.06. The average molecular weight is 280 g/mol. The molecular weight excluding hydrogens is 258 g/mol. The number of ether oxygens (including phenoxy) is 1. The normalized spacial score (nSPS) is 12.9. The van der Waals surface area contributed by atoms with Crippen LogP contribution in [0, 0.1) is 0 Å². The molecule has 0 heterocycles. The predicted molar refractivity (Wildman–Crippen MR) is 70.0 cm³/mol. The fourth-order valence-electron chi connectivity index (χ4n) is 1.27. The molecule has 106 valence electrons. The topological polar surface area (TPSA) is 66.8 Å². The summed E-state index contributed by atoms with van der Waals surface area (Å²) >= 11 is 5.56. The van der Waals surface area contributed by atoms with Crippen molar-refractivity contribution in [2.75, 3.05) is 12.4 Å². The molecule has 0 fully saturated rings. The number of nitrogens with zero attached hydrogens (tertiary/aromatic N) is 1. The van der Waals surface area contributed by atoms with Gasteiger partial charge in [-0.2, -0.15) is 0 Å². The number of carbonyl (C=O) groups is 2. The van der Waals surface area contributed by atoms with Crippen molar-refractivity contribution in [1.82, 2.24) is 4.90 Å². The second kappa shape index (κ2) is 7.46. The molecule has 0 aromatic heterocycles. The van der Waals surface area contributed by atoms with Crippen LogP contribution in [0.5, 0.6) is 0 Å². The molecular formula is C12H22ClNO4. The molecule has 1 amide bonds. The fourth-order valence-corrected chi connectivity index (χ4v) is 1.46. The van der Waals surface area contributed by atoms with E-state index in [4.69, 9.17) is 21.4 Å². The van der Waals surface area contributed by atoms with E-state index in [2.05, 4.69) is 0 Å². The molecule has 0 unspecified atom stereocenters. The van der Waals surface area contributed by atoms with Gasteiger partial charge in [-0.15, -0.1) is 11.6 Å². The van der Waals surface area contributed by atoms with Gasteiger partial charge in [-0.1, -0.05) is 0 Å². The third-order valence-electron chi connectivity index (χ3n) is 2.24. The minimum absolute atomic E-state index is 0.328. The molecule has 0 aliphatic carbocycles. The number of hydrogen-bond acceptors (Lipinski definition) is 3. The Bertz CT molecular complexity index is 288. The Labute approximate surface area is 113 Å². The van der Waals surface area contributed by atoms with Crippen molar-refractivity contribution >= 4 is 23.7 Å². The first-order chi connectivity index (χ1) is 8.19. The SMILES string of the molecule is C[C@@H](C(=O)O)N(CCCCCl)C(=O)OC(C)(C)C. The van der Waals surface area contributed by atoms with Gasteiger partial charge < -0.3 is 9.84 Å². The summed E-state index contributed by atoms with van der Waals surface area (Å²) in [5.41, 5.74) is -0.639. The van der Waals surface area contributed by atoms with Crippen molar-refractivity contribution in [3.63, 3.8) is 0 Å². The fraction of sp³-hybridized carbons (Fsp3) is 0.833. The summed E-state index contributed by atoms with van der Waals surface area (Å²) in [7, 11) is 0. The first-order valence-electron chi connectivity index (χ1n) is 5.97. The first-order valence-corrected chi connectivity index (χ1v) is 6.51. The summed E-state index contributed by atoms with van der Waals surface area (Å²) in [6.07, 6.45) is 0.778. The van der Waals surface area contributed by atoms with Crippen molar-refractivity contribution in [2.45, 2.75) is 52.2 Å². The van der Waals surface area contributed by atoms with Crippen LogP contribution in [0.15, 0.2) is 0 Å². The maximum atomic E-state index is 11.9. The number of rotatable bonds is 6. The van der Waals surface area contributed by atoms with E-state index in [9.17, 15) is 9.59 Å². The lowest BCUT2D eigenvalue weighted by atomic mass is 10.2. The summed E-state index contributed by atoms with van der Waals surface area (Å²) < 4.78 is 5.19. The van der Waals surface area contributed by atoms with E-state index in [1.54, 1.807) is 20.8 Å². The zero-order valence-electron chi connectivity index (χ0n) is 11.4. The molecule has 0 radical (unpaired) electrons. The van der Waals surface area contributed by atoms with Crippen LogP contribution < -0.4 is 0 Å². The van der Waals surface area contributed by atoms with E-state index < -0.39 is 23.7 Å². The molecule has 0 aliphatic heterocycles. The average Bonchev–Trinajstić information content (AvgIpc) is 2.20. The summed E-state index contributed by atoms with van der Waals surface area (Å²) in [6.45, 7) is 7.02. The van der Waals surface area contributed by atoms with Crippen LogP contribution >= 0.6 is 11.6 Å². The summed E-state index contributed by atoms with van der Waals surface area (Å²) in [5, 5.41) is 8.98. The number of alkyl halides is 1. The van der Waals surface area contributed by atoms with Crippen LogP contribution in [-0.2, 0) is 9.53 Å². The highest BCUT2D eigenvalue weighted by Crippen LogP contribution is 2.13. The van der Waals surface area contributed by atoms with Gasteiger partial charge in [-0.05, 0) is 40.5 Å². The lowest BCUT2D eigenvalue weighted by Gasteiger charge is -2.29. The lowest BCUT2D eigenvalue weighted by Crippen LogP contribution is -2.46. The van der Waals surface area contributed by atoms with E-state index in [0.717, 1.165) is 6.42 Å². The Morgan fingerprint density at radius 3 is 2.28 bits per heavy atom. The molecule has 0 bridgehead atoms. The smallest absolute Gasteiger partial charge is 0.411 e. The van der Waals surface area contributed by atoms with E-state index >= 15 is 0 Å². The maximum absolute atomic E-state index is 11.9. The van der Waals surface area contributed by atoms with Crippen LogP contribution in [0.4, 0.5) is 4.79 Å². The largest absolute Gasteiger partial charge is 0.480 e. The minimum atomic E-state index is -1.05. The number of carboxylic acid groups (broad SMARTS) is 1. The van der Waals surface area contributed by atoms with Crippen molar-refractivity contribution < 1.29 is 19.4 Å². The zero-order chi connectivity index (χ0) is 14.3. The predicted octanol–water partition coefficient (Wildman–Crippen LogP) is 2.72. The number of carboxylic acids is 1. The van der Waals surface area contributed by atoms with Gasteiger partial charge in [-0.3, -0.25) is 4.90 Å². The van der Waals surface area contributed by atoms with Gasteiger partial charge in [0, 0.05) is 12.4 Å². The summed E-state index contributed by atoms with van der Waals surface area (Å²) in [4.78, 5) is 24.1. The number of amides is 1. The van der Waals surface area contributed by atoms with Gasteiger partial charge >= 0.3 is 12.1 Å². The molecule has 18 heavy (non-hydrogen) atoms. The van der Waals surface area contributed by atoms with Crippen molar-refractivity contribution in [3.05, 3.63) is 0 Å². The number of unbranched alkanes of at least 4 members (excludes halogenated alkanes) is 1. The van der Waals surface area contributed by atoms with Crippen molar-refractivity contribution in [2.24, 2.45) is 0 Å². The van der Waals surface area contributed by atoms with Crippen LogP contribution in [-0.4, -0.2) is 46.1 Å². The van der Waals surface area contributed by atoms with E-state index in [-0.39, 0.29) is 0 Å². The standard InChI is InChI=1S/C12H22ClNO4/c1-9(10(15)16)14(8-6-5-7-13)11(17)18-12(2,3)4/h9H,5-8H2,1-4H3,(H,15,16)/t9-/m0/s1. The monoisotopic (exact) mass is 279 g/mol. The third kappa shape index (κ3) is 6.69. The highest BCUT2D eigenvalue weighted by Gasteiger charge is 2.29. The molecule has 0 aromatic rings. The second-order valence-electron chi connectivity index (χ2n) is 5.08. The van der Waals surface area contributed by atoms with E-state index in [0.29, 0.717) is 18.8 Å². The van der Waals surface area contributed by atoms with Crippen LogP contribution in [0.25, 0.3) is 0 Å². The highest BCUT2D eigenvalue weighted by atomic mass is 35.5. The minimum Gasteiger partial charge on any atom is -0.480 e. The molecule has 6 heteroatoms. The Hall–Kier alpha value is -0.970. The van der Waals surface area contributed by atoms with Gasteiger partial charge in [0.25, 0.3) is 0 Å². The molecule has 0 spiro atoms. The molecule has 5 nitrogen and oxygen atoms in total. The Morgan fingerprint density at radius 2 is 1.89 bits per heavy atom. The van der Waals surface area contributed by atoms with E-state index in [1.807, 2.05) is 0 Å². The maximum Gasteiger partial charge on any atom is 0.411 e. The van der Waals surface area contributed by atoms with Gasteiger partial charge in [0.2, 0.25) is 0 Å². The number of halogens is 1. The molecule has 1 atom stereocenters. The van der Waals surface area contributed by atoms with Gasteiger partial charge in [0.15, 0.2) is 0 Å². The molecule has 1 N–H and O–H groups in total. The second-order valence-corrected chi connectivity index (χ2v) is 5.46. The number of hydrogen-bond donors (Lipinski definition) is 1. The lowest BCUT2D eigenvalue weighted by molar-refractivity contribution is -0.142. The quantitative estimate of drug-likeness (QED) is 0.600. The Balaban J connectivity index is 4.64. The molecule has 0 aliphatic rings.